The Balaban J connectivity index is 1.96. The van der Waals surface area contributed by atoms with E-state index in [-0.39, 0.29) is 11.1 Å². The van der Waals surface area contributed by atoms with Crippen molar-refractivity contribution in [2.24, 2.45) is 10.5 Å². The average Bonchev–Trinajstić information content (AvgIpc) is 3.05. The molecule has 23 heavy (non-hydrogen) atoms. The van der Waals surface area contributed by atoms with E-state index in [1.165, 1.54) is 17.0 Å². The summed E-state index contributed by atoms with van der Waals surface area (Å²) < 4.78 is 1.78. The van der Waals surface area contributed by atoms with E-state index in [0.29, 0.717) is 5.71 Å². The van der Waals surface area contributed by atoms with Crippen LogP contribution in [0.2, 0.25) is 0 Å². The lowest BCUT2D eigenvalue weighted by Gasteiger charge is -2.23. The second kappa shape index (κ2) is 5.61. The second-order valence-electron chi connectivity index (χ2n) is 6.10. The Morgan fingerprint density at radius 2 is 1.96 bits per heavy atom. The summed E-state index contributed by atoms with van der Waals surface area (Å²) in [7, 11) is 1.28. The number of carbonyl (C=O) groups is 1. The van der Waals surface area contributed by atoms with E-state index in [1.807, 2.05) is 6.08 Å². The van der Waals surface area contributed by atoms with Crippen molar-refractivity contribution in [3.63, 3.8) is 0 Å². The maximum atomic E-state index is 11.3. The lowest BCUT2D eigenvalue weighted by Crippen LogP contribution is -2.12. The van der Waals surface area contributed by atoms with E-state index >= 15 is 0 Å². The number of hydrogen-bond donors (Lipinski definition) is 0. The molecule has 0 aromatic heterocycles. The molecule has 0 fully saturated rings. The second-order valence-corrected chi connectivity index (χ2v) is 9.44. The Hall–Kier alpha value is -1.93. The minimum atomic E-state index is -0.433. The molecule has 1 atom stereocenters. The number of allylic oxidation sites excluding steroid dienone is 2. The number of rotatable bonds is 3. The van der Waals surface area contributed by atoms with Crippen LogP contribution in [0.25, 0.3) is 0 Å². The number of anilines is 1. The zero-order valence-electron chi connectivity index (χ0n) is 12.8. The summed E-state index contributed by atoms with van der Waals surface area (Å²) in [5, 5.41) is 15.1. The third-order valence-electron chi connectivity index (χ3n) is 3.36. The summed E-state index contributed by atoms with van der Waals surface area (Å²) in [6, 6.07) is 6.22. The van der Waals surface area contributed by atoms with Crippen LogP contribution in [0.1, 0.15) is 20.8 Å². The number of nitro benzene ring substituents is 1. The first-order valence-electron chi connectivity index (χ1n) is 6.92. The normalized spacial score (nSPS) is 20.2. The van der Waals surface area contributed by atoms with Crippen LogP contribution in [0.3, 0.4) is 0 Å². The number of hydrogen-bond acceptors (Lipinski definition) is 6. The quantitative estimate of drug-likeness (QED) is 0.272. The van der Waals surface area contributed by atoms with Crippen molar-refractivity contribution < 1.29 is 9.72 Å². The van der Waals surface area contributed by atoms with Crippen molar-refractivity contribution in [2.75, 3.05) is 4.41 Å². The molecule has 8 heteroatoms. The molecule has 0 aliphatic carbocycles. The topological polar surface area (TPSA) is 75.8 Å². The number of nitrogens with zero attached hydrogens (tertiary/aromatic N) is 3. The van der Waals surface area contributed by atoms with Crippen LogP contribution in [-0.4, -0.2) is 21.8 Å². The number of non-ortho nitro benzene ring substituents is 1. The van der Waals surface area contributed by atoms with Gasteiger partial charge in [0.25, 0.3) is 5.69 Å². The first kappa shape index (κ1) is 15.9. The number of nitro groups is 1. The van der Waals surface area contributed by atoms with Gasteiger partial charge in [0.2, 0.25) is 0 Å². The molecule has 1 unspecified atom stereocenters. The molecule has 120 valence electrons. The fourth-order valence-corrected chi connectivity index (χ4v) is 6.69. The van der Waals surface area contributed by atoms with Gasteiger partial charge in [-0.2, -0.15) is 5.10 Å². The van der Waals surface area contributed by atoms with Crippen molar-refractivity contribution >= 4 is 48.7 Å². The Bertz CT molecular complexity index is 789. The highest BCUT2D eigenvalue weighted by atomic mass is 33.1. The van der Waals surface area contributed by atoms with E-state index < -0.39 is 14.6 Å². The number of aldehydes is 1. The predicted octanol–water partition coefficient (Wildman–Crippen LogP) is 3.92. The molecule has 0 amide bonds. The molecular weight excluding hydrogens is 334 g/mol. The van der Waals surface area contributed by atoms with Crippen molar-refractivity contribution in [1.82, 2.24) is 0 Å². The van der Waals surface area contributed by atoms with Crippen LogP contribution in [0.5, 0.6) is 0 Å². The van der Waals surface area contributed by atoms with E-state index in [2.05, 4.69) is 25.9 Å². The van der Waals surface area contributed by atoms with E-state index in [4.69, 9.17) is 0 Å². The fourth-order valence-electron chi connectivity index (χ4n) is 2.08. The van der Waals surface area contributed by atoms with Gasteiger partial charge in [-0.05, 0) is 34.4 Å². The lowest BCUT2D eigenvalue weighted by atomic mass is 9.95. The standard InChI is InChI=1S/C15H15N3O3S2/c1-15(2,3)14-8-13-12(9-19)16-17(23(13)22-14)10-4-6-11(7-5-10)18(20)21/h4-9H,1-3H3. The number of carbonyl (C=O) groups excluding carboxylic acids is 1. The molecule has 0 saturated heterocycles. The van der Waals surface area contributed by atoms with Crippen molar-refractivity contribution in [3.05, 3.63) is 45.4 Å². The summed E-state index contributed by atoms with van der Waals surface area (Å²) in [4.78, 5) is 23.8. The van der Waals surface area contributed by atoms with Crippen LogP contribution >= 0.6 is 20.5 Å². The van der Waals surface area contributed by atoms with Gasteiger partial charge in [-0.3, -0.25) is 14.9 Å². The van der Waals surface area contributed by atoms with E-state index in [1.54, 1.807) is 27.3 Å². The van der Waals surface area contributed by atoms with Gasteiger partial charge < -0.3 is 0 Å². The third kappa shape index (κ3) is 2.84. The van der Waals surface area contributed by atoms with Crippen LogP contribution < -0.4 is 4.41 Å². The number of benzene rings is 1. The highest BCUT2D eigenvalue weighted by molar-refractivity contribution is 8.86. The molecule has 2 aliphatic rings. The molecule has 3 rings (SSSR count). The molecule has 0 bridgehead atoms. The predicted molar refractivity (Wildman–Crippen MR) is 96.8 cm³/mol. The molecule has 0 spiro atoms. The molecule has 2 heterocycles. The summed E-state index contributed by atoms with van der Waals surface area (Å²) >= 11 is 0. The van der Waals surface area contributed by atoms with Crippen molar-refractivity contribution in [2.45, 2.75) is 20.8 Å². The summed E-state index contributed by atoms with van der Waals surface area (Å²) in [5.74, 6) is 0. The van der Waals surface area contributed by atoms with Gasteiger partial charge in [0, 0.05) is 26.7 Å². The molecule has 1 aromatic rings. The Kier molecular flexibility index (Phi) is 3.89. The van der Waals surface area contributed by atoms with Crippen molar-refractivity contribution in [3.8, 4) is 0 Å². The lowest BCUT2D eigenvalue weighted by molar-refractivity contribution is -0.384. The maximum absolute atomic E-state index is 11.3. The zero-order chi connectivity index (χ0) is 16.8. The third-order valence-corrected chi connectivity index (χ3v) is 7.71. The van der Waals surface area contributed by atoms with Gasteiger partial charge in [-0.1, -0.05) is 20.8 Å². The minimum Gasteiger partial charge on any atom is -0.296 e. The van der Waals surface area contributed by atoms with Crippen LogP contribution in [0.4, 0.5) is 11.4 Å². The van der Waals surface area contributed by atoms with E-state index in [0.717, 1.165) is 16.8 Å². The minimum absolute atomic E-state index is 0.00411. The van der Waals surface area contributed by atoms with Crippen LogP contribution in [0.15, 0.2) is 40.3 Å². The molecule has 0 saturated carbocycles. The monoisotopic (exact) mass is 349 g/mol. The van der Waals surface area contributed by atoms with Gasteiger partial charge in [0.05, 0.1) is 15.5 Å². The largest absolute Gasteiger partial charge is 0.296 e. The Morgan fingerprint density at radius 3 is 2.48 bits per heavy atom. The van der Waals surface area contributed by atoms with Gasteiger partial charge in [0.15, 0.2) is 6.29 Å². The average molecular weight is 349 g/mol. The summed E-state index contributed by atoms with van der Waals surface area (Å²) in [6.45, 7) is 6.39. The molecule has 0 radical (unpaired) electrons. The molecule has 0 N–H and O–H groups in total. The van der Waals surface area contributed by atoms with Gasteiger partial charge in [-0.25, -0.2) is 4.41 Å². The smallest absolute Gasteiger partial charge is 0.269 e. The highest BCUT2D eigenvalue weighted by Gasteiger charge is 2.34. The molecule has 2 aliphatic heterocycles. The van der Waals surface area contributed by atoms with Crippen molar-refractivity contribution in [1.29, 1.82) is 0 Å². The van der Waals surface area contributed by atoms with Gasteiger partial charge in [0.1, 0.15) is 5.71 Å². The maximum Gasteiger partial charge on any atom is 0.269 e. The molecule has 6 nitrogen and oxygen atoms in total. The zero-order valence-corrected chi connectivity index (χ0v) is 14.5. The van der Waals surface area contributed by atoms with E-state index in [9.17, 15) is 14.9 Å². The first-order valence-corrected chi connectivity index (χ1v) is 9.43. The van der Waals surface area contributed by atoms with Gasteiger partial charge in [-0.15, -0.1) is 0 Å². The van der Waals surface area contributed by atoms with Crippen LogP contribution in [-0.2, 0) is 4.79 Å². The Labute approximate surface area is 139 Å². The van der Waals surface area contributed by atoms with Gasteiger partial charge >= 0.3 is 0 Å². The molecule has 1 aromatic carbocycles. The fraction of sp³-hybridized carbons (Fsp3) is 0.267. The SMILES string of the molecule is CC(C)(C)C1=CC2=S(S1)N(c1ccc([N+](=O)[O-])cc1)N=C2C=O. The highest BCUT2D eigenvalue weighted by Crippen LogP contribution is 2.55. The summed E-state index contributed by atoms with van der Waals surface area (Å²) in [6.07, 6.45) is 2.82. The summed E-state index contributed by atoms with van der Waals surface area (Å²) in [5.41, 5.74) is 1.21. The van der Waals surface area contributed by atoms with Crippen LogP contribution in [0, 0.1) is 15.5 Å². The number of hydrazone groups is 1. The first-order chi connectivity index (χ1) is 10.8. The Morgan fingerprint density at radius 1 is 1.30 bits per heavy atom. The molecular formula is C15H15N3O3S2.